The highest BCUT2D eigenvalue weighted by Gasteiger charge is 2.19. The van der Waals surface area contributed by atoms with Crippen molar-refractivity contribution in [3.63, 3.8) is 0 Å². The van der Waals surface area contributed by atoms with Crippen molar-refractivity contribution in [2.75, 3.05) is 5.73 Å². The van der Waals surface area contributed by atoms with Crippen molar-refractivity contribution in [1.29, 1.82) is 0 Å². The summed E-state index contributed by atoms with van der Waals surface area (Å²) >= 11 is 0. The van der Waals surface area contributed by atoms with E-state index in [0.29, 0.717) is 23.4 Å². The van der Waals surface area contributed by atoms with E-state index in [-0.39, 0.29) is 5.56 Å². The number of ketones is 1. The fraction of sp³-hybridized carbons (Fsp3) is 0.0714. The summed E-state index contributed by atoms with van der Waals surface area (Å²) in [6, 6.07) is 5.48. The number of halogens is 3. The lowest BCUT2D eigenvalue weighted by Gasteiger charge is -2.08. The van der Waals surface area contributed by atoms with Crippen molar-refractivity contribution in [3.8, 4) is 0 Å². The second-order valence-electron chi connectivity index (χ2n) is 4.10. The van der Waals surface area contributed by atoms with Gasteiger partial charge in [-0.1, -0.05) is 12.1 Å². The minimum absolute atomic E-state index is 0.157. The summed E-state index contributed by atoms with van der Waals surface area (Å²) in [5.41, 5.74) is 6.12. The predicted octanol–water partition coefficient (Wildman–Crippen LogP) is 3.23. The van der Waals surface area contributed by atoms with E-state index in [0.717, 1.165) is 0 Å². The Balaban J connectivity index is 2.56. The van der Waals surface area contributed by atoms with Crippen LogP contribution in [0.1, 0.15) is 21.5 Å². The first-order valence-electron chi connectivity index (χ1n) is 5.46. The first-order chi connectivity index (χ1) is 8.91. The van der Waals surface area contributed by atoms with E-state index in [1.807, 2.05) is 0 Å². The molecule has 0 aliphatic carbocycles. The molecule has 2 N–H and O–H groups in total. The van der Waals surface area contributed by atoms with E-state index in [4.69, 9.17) is 5.73 Å². The van der Waals surface area contributed by atoms with Gasteiger partial charge in [0.15, 0.2) is 17.4 Å². The Morgan fingerprint density at radius 3 is 2.32 bits per heavy atom. The van der Waals surface area contributed by atoms with Gasteiger partial charge in [-0.25, -0.2) is 13.2 Å². The van der Waals surface area contributed by atoms with Crippen LogP contribution < -0.4 is 5.73 Å². The van der Waals surface area contributed by atoms with Crippen molar-refractivity contribution in [2.45, 2.75) is 6.92 Å². The standard InChI is InChI=1S/C14H10F3NO/c1-7-8(3-2-4-13(7)18)14(19)9-5-11(16)12(17)6-10(9)15/h2-6H,18H2,1H3. The number of carbonyl (C=O) groups excluding carboxylic acids is 1. The molecule has 2 nitrogen and oxygen atoms in total. The summed E-state index contributed by atoms with van der Waals surface area (Å²) in [4.78, 5) is 12.1. The van der Waals surface area contributed by atoms with Crippen LogP contribution in [0.3, 0.4) is 0 Å². The summed E-state index contributed by atoms with van der Waals surface area (Å²) in [7, 11) is 0. The first-order valence-corrected chi connectivity index (χ1v) is 5.46. The van der Waals surface area contributed by atoms with E-state index in [2.05, 4.69) is 0 Å². The lowest BCUT2D eigenvalue weighted by Crippen LogP contribution is -2.09. The average Bonchev–Trinajstić information content (AvgIpc) is 2.36. The number of anilines is 1. The van der Waals surface area contributed by atoms with E-state index in [9.17, 15) is 18.0 Å². The molecular formula is C14H10F3NO. The summed E-state index contributed by atoms with van der Waals surface area (Å²) in [6.45, 7) is 1.60. The van der Waals surface area contributed by atoms with Crippen LogP contribution in [0.2, 0.25) is 0 Å². The smallest absolute Gasteiger partial charge is 0.196 e. The molecule has 0 unspecified atom stereocenters. The maximum Gasteiger partial charge on any atom is 0.196 e. The highest BCUT2D eigenvalue weighted by molar-refractivity contribution is 6.10. The third-order valence-electron chi connectivity index (χ3n) is 2.87. The van der Waals surface area contributed by atoms with Gasteiger partial charge in [-0.15, -0.1) is 0 Å². The monoisotopic (exact) mass is 265 g/mol. The second-order valence-corrected chi connectivity index (χ2v) is 4.10. The van der Waals surface area contributed by atoms with Crippen molar-refractivity contribution in [2.24, 2.45) is 0 Å². The molecule has 0 heterocycles. The van der Waals surface area contributed by atoms with Gasteiger partial charge in [0.25, 0.3) is 0 Å². The molecule has 5 heteroatoms. The van der Waals surface area contributed by atoms with Crippen LogP contribution in [0.15, 0.2) is 30.3 Å². The fourth-order valence-electron chi connectivity index (χ4n) is 1.74. The van der Waals surface area contributed by atoms with Crippen LogP contribution in [0, 0.1) is 24.4 Å². The molecule has 0 atom stereocenters. The molecule has 0 aliphatic rings. The number of nitrogen functional groups attached to an aromatic ring is 1. The summed E-state index contributed by atoms with van der Waals surface area (Å²) in [6.07, 6.45) is 0. The summed E-state index contributed by atoms with van der Waals surface area (Å²) in [5, 5.41) is 0. The number of hydrogen-bond acceptors (Lipinski definition) is 2. The molecule has 2 aromatic carbocycles. The molecule has 0 spiro atoms. The Bertz CT molecular complexity index is 668. The first kappa shape index (κ1) is 13.1. The Kier molecular flexibility index (Phi) is 3.29. The minimum Gasteiger partial charge on any atom is -0.398 e. The Morgan fingerprint density at radius 2 is 1.63 bits per heavy atom. The lowest BCUT2D eigenvalue weighted by molar-refractivity contribution is 0.103. The van der Waals surface area contributed by atoms with Gasteiger partial charge in [-0.2, -0.15) is 0 Å². The third-order valence-corrected chi connectivity index (χ3v) is 2.87. The van der Waals surface area contributed by atoms with Gasteiger partial charge in [-0.3, -0.25) is 4.79 Å². The number of benzene rings is 2. The zero-order chi connectivity index (χ0) is 14.2. The van der Waals surface area contributed by atoms with Crippen LogP contribution in [0.25, 0.3) is 0 Å². The molecule has 0 saturated heterocycles. The molecule has 0 saturated carbocycles. The number of nitrogens with two attached hydrogens (primary N) is 1. The van der Waals surface area contributed by atoms with E-state index < -0.39 is 28.8 Å². The normalized spacial score (nSPS) is 10.5. The van der Waals surface area contributed by atoms with E-state index in [1.165, 1.54) is 12.1 Å². The zero-order valence-electron chi connectivity index (χ0n) is 10.0. The SMILES string of the molecule is Cc1c(N)cccc1C(=O)c1cc(F)c(F)cc1F. The number of carbonyl (C=O) groups is 1. The molecule has 19 heavy (non-hydrogen) atoms. The van der Waals surface area contributed by atoms with Crippen molar-refractivity contribution in [1.82, 2.24) is 0 Å². The van der Waals surface area contributed by atoms with Gasteiger partial charge in [0.05, 0.1) is 5.56 Å². The maximum absolute atomic E-state index is 13.5. The Morgan fingerprint density at radius 1 is 1.00 bits per heavy atom. The van der Waals surface area contributed by atoms with E-state index in [1.54, 1.807) is 13.0 Å². The Labute approximate surface area is 107 Å². The highest BCUT2D eigenvalue weighted by Crippen LogP contribution is 2.22. The van der Waals surface area contributed by atoms with Crippen LogP contribution in [-0.4, -0.2) is 5.78 Å². The quantitative estimate of drug-likeness (QED) is 0.514. The van der Waals surface area contributed by atoms with Gasteiger partial charge in [-0.05, 0) is 24.6 Å². The number of hydrogen-bond donors (Lipinski definition) is 1. The molecule has 0 fully saturated rings. The van der Waals surface area contributed by atoms with Crippen LogP contribution >= 0.6 is 0 Å². The van der Waals surface area contributed by atoms with Crippen molar-refractivity contribution in [3.05, 3.63) is 64.5 Å². The van der Waals surface area contributed by atoms with Gasteiger partial charge in [0.2, 0.25) is 0 Å². The van der Waals surface area contributed by atoms with Gasteiger partial charge in [0.1, 0.15) is 5.82 Å². The minimum atomic E-state index is -1.33. The van der Waals surface area contributed by atoms with Crippen LogP contribution in [0.5, 0.6) is 0 Å². The van der Waals surface area contributed by atoms with E-state index >= 15 is 0 Å². The van der Waals surface area contributed by atoms with Crippen molar-refractivity contribution < 1.29 is 18.0 Å². The van der Waals surface area contributed by atoms with Crippen molar-refractivity contribution >= 4 is 11.5 Å². The molecule has 0 radical (unpaired) electrons. The molecule has 0 bridgehead atoms. The zero-order valence-corrected chi connectivity index (χ0v) is 10.0. The topological polar surface area (TPSA) is 43.1 Å². The molecular weight excluding hydrogens is 255 g/mol. The van der Waals surface area contributed by atoms with Gasteiger partial charge >= 0.3 is 0 Å². The second kappa shape index (κ2) is 4.76. The molecule has 0 aromatic heterocycles. The molecule has 2 aromatic rings. The fourth-order valence-corrected chi connectivity index (χ4v) is 1.74. The van der Waals surface area contributed by atoms with Gasteiger partial charge in [0, 0.05) is 17.3 Å². The lowest BCUT2D eigenvalue weighted by atomic mass is 9.97. The van der Waals surface area contributed by atoms with Crippen LogP contribution in [-0.2, 0) is 0 Å². The summed E-state index contributed by atoms with van der Waals surface area (Å²) < 4.78 is 39.5. The third kappa shape index (κ3) is 2.31. The molecule has 2 rings (SSSR count). The highest BCUT2D eigenvalue weighted by atomic mass is 19.2. The predicted molar refractivity (Wildman–Crippen MR) is 65.3 cm³/mol. The molecule has 0 aliphatic heterocycles. The maximum atomic E-state index is 13.5. The van der Waals surface area contributed by atoms with Crippen LogP contribution in [0.4, 0.5) is 18.9 Å². The average molecular weight is 265 g/mol. The molecule has 0 amide bonds. The Hall–Kier alpha value is -2.30. The number of rotatable bonds is 2. The molecule has 98 valence electrons. The van der Waals surface area contributed by atoms with Gasteiger partial charge < -0.3 is 5.73 Å². The summed E-state index contributed by atoms with van der Waals surface area (Å²) in [5.74, 6) is -4.45. The largest absolute Gasteiger partial charge is 0.398 e.